The lowest BCUT2D eigenvalue weighted by Gasteiger charge is -2.21. The fraction of sp³-hybridized carbons (Fsp3) is 0.400. The molecule has 0 bridgehead atoms. The van der Waals surface area contributed by atoms with Gasteiger partial charge in [-0.1, -0.05) is 48.6 Å². The smallest absolute Gasteiger partial charge is 0.157 e. The Hall–Kier alpha value is -1.68. The fourth-order valence-corrected chi connectivity index (χ4v) is 2.71. The van der Waals surface area contributed by atoms with Gasteiger partial charge in [0, 0.05) is 6.61 Å². The zero-order chi connectivity index (χ0) is 15.7. The minimum absolute atomic E-state index is 0.0214. The van der Waals surface area contributed by atoms with E-state index in [0.717, 1.165) is 19.4 Å². The van der Waals surface area contributed by atoms with Gasteiger partial charge in [0.2, 0.25) is 0 Å². The van der Waals surface area contributed by atoms with Crippen molar-refractivity contribution in [2.45, 2.75) is 32.2 Å². The average molecular weight is 312 g/mol. The molecular formula is C20H24O3. The summed E-state index contributed by atoms with van der Waals surface area (Å²) < 4.78 is 16.8. The van der Waals surface area contributed by atoms with Gasteiger partial charge in [-0.15, -0.1) is 0 Å². The van der Waals surface area contributed by atoms with Crippen LogP contribution in [0.2, 0.25) is 0 Å². The Morgan fingerprint density at radius 2 is 1.87 bits per heavy atom. The topological polar surface area (TPSA) is 27.7 Å². The molecule has 1 aliphatic heterocycles. The number of ether oxygens (including phenoxy) is 3. The van der Waals surface area contributed by atoms with Crippen LogP contribution in [0.15, 0.2) is 54.6 Å². The van der Waals surface area contributed by atoms with E-state index in [1.807, 2.05) is 12.2 Å². The van der Waals surface area contributed by atoms with Gasteiger partial charge < -0.3 is 14.2 Å². The summed E-state index contributed by atoms with van der Waals surface area (Å²) in [4.78, 5) is 0. The first-order valence-electron chi connectivity index (χ1n) is 8.35. The highest BCUT2D eigenvalue weighted by atomic mass is 16.7. The first kappa shape index (κ1) is 16.2. The largest absolute Gasteiger partial charge is 0.373 e. The zero-order valence-corrected chi connectivity index (χ0v) is 13.4. The van der Waals surface area contributed by atoms with Crippen molar-refractivity contribution in [2.75, 3.05) is 19.8 Å². The first-order valence-corrected chi connectivity index (χ1v) is 8.35. The minimum Gasteiger partial charge on any atom is -0.373 e. The van der Waals surface area contributed by atoms with Gasteiger partial charge in [-0.3, -0.25) is 0 Å². The minimum atomic E-state index is -0.0214. The molecule has 3 nitrogen and oxygen atoms in total. The van der Waals surface area contributed by atoms with Crippen LogP contribution in [0.4, 0.5) is 0 Å². The second kappa shape index (κ2) is 8.82. The Morgan fingerprint density at radius 1 is 1.00 bits per heavy atom. The van der Waals surface area contributed by atoms with Crippen molar-refractivity contribution in [1.82, 2.24) is 0 Å². The predicted molar refractivity (Wildman–Crippen MR) is 92.3 cm³/mol. The van der Waals surface area contributed by atoms with Gasteiger partial charge in [-0.25, -0.2) is 0 Å². The van der Waals surface area contributed by atoms with E-state index >= 15 is 0 Å². The van der Waals surface area contributed by atoms with Crippen molar-refractivity contribution in [1.29, 1.82) is 0 Å². The van der Waals surface area contributed by atoms with Crippen molar-refractivity contribution >= 4 is 10.8 Å². The molecule has 1 heterocycles. The third-order valence-electron chi connectivity index (χ3n) is 3.98. The van der Waals surface area contributed by atoms with Crippen LogP contribution in [0.25, 0.3) is 10.8 Å². The lowest BCUT2D eigenvalue weighted by Crippen LogP contribution is -2.22. The Bertz CT molecular complexity index is 630. The highest BCUT2D eigenvalue weighted by Crippen LogP contribution is 2.16. The Morgan fingerprint density at radius 3 is 2.74 bits per heavy atom. The summed E-state index contributed by atoms with van der Waals surface area (Å²) >= 11 is 0. The molecule has 23 heavy (non-hydrogen) atoms. The number of rotatable bonds is 7. The summed E-state index contributed by atoms with van der Waals surface area (Å²) in [5.41, 5.74) is 1.20. The molecule has 1 fully saturated rings. The molecule has 0 spiro atoms. The number of hydrogen-bond acceptors (Lipinski definition) is 3. The van der Waals surface area contributed by atoms with Crippen molar-refractivity contribution < 1.29 is 14.2 Å². The van der Waals surface area contributed by atoms with Crippen LogP contribution < -0.4 is 0 Å². The second-order valence-corrected chi connectivity index (χ2v) is 5.80. The molecule has 1 atom stereocenters. The molecule has 0 aliphatic carbocycles. The van der Waals surface area contributed by atoms with E-state index in [0.29, 0.717) is 19.8 Å². The van der Waals surface area contributed by atoms with E-state index in [2.05, 4.69) is 42.5 Å². The summed E-state index contributed by atoms with van der Waals surface area (Å²) in [6.07, 6.45) is 7.34. The standard InChI is InChI=1S/C20H24O3/c1-2-8-19-15-17(10-11-18(19)7-1)16-21-12-5-6-14-23-20-9-3-4-13-22-20/h1-2,5-8,10-11,15,20H,3-4,9,12-14,16H2/b6-5-. The highest BCUT2D eigenvalue weighted by Gasteiger charge is 2.12. The molecule has 0 amide bonds. The molecule has 3 heteroatoms. The van der Waals surface area contributed by atoms with E-state index in [4.69, 9.17) is 14.2 Å². The lowest BCUT2D eigenvalue weighted by atomic mass is 10.1. The van der Waals surface area contributed by atoms with E-state index in [-0.39, 0.29) is 6.29 Å². The summed E-state index contributed by atoms with van der Waals surface area (Å²) in [5.74, 6) is 0. The van der Waals surface area contributed by atoms with Crippen LogP contribution in [-0.2, 0) is 20.8 Å². The summed E-state index contributed by atoms with van der Waals surface area (Å²) in [6.45, 7) is 2.64. The Labute approximate surface area is 137 Å². The van der Waals surface area contributed by atoms with Gasteiger partial charge in [0.1, 0.15) is 0 Å². The zero-order valence-electron chi connectivity index (χ0n) is 13.4. The third kappa shape index (κ3) is 5.17. The van der Waals surface area contributed by atoms with E-state index in [9.17, 15) is 0 Å². The van der Waals surface area contributed by atoms with Crippen molar-refractivity contribution in [2.24, 2.45) is 0 Å². The normalized spacial score (nSPS) is 18.7. The molecule has 0 radical (unpaired) electrons. The fourth-order valence-electron chi connectivity index (χ4n) is 2.71. The van der Waals surface area contributed by atoms with Gasteiger partial charge in [0.05, 0.1) is 19.8 Å². The van der Waals surface area contributed by atoms with Gasteiger partial charge >= 0.3 is 0 Å². The van der Waals surface area contributed by atoms with Crippen molar-refractivity contribution in [3.63, 3.8) is 0 Å². The Kier molecular flexibility index (Phi) is 6.21. The van der Waals surface area contributed by atoms with Crippen LogP contribution in [0.1, 0.15) is 24.8 Å². The maximum Gasteiger partial charge on any atom is 0.157 e. The van der Waals surface area contributed by atoms with E-state index in [1.165, 1.54) is 22.8 Å². The summed E-state index contributed by atoms with van der Waals surface area (Å²) in [6, 6.07) is 14.8. The van der Waals surface area contributed by atoms with Gasteiger partial charge in [-0.2, -0.15) is 0 Å². The van der Waals surface area contributed by atoms with Gasteiger partial charge in [0.25, 0.3) is 0 Å². The quantitative estimate of drug-likeness (QED) is 0.558. The number of fused-ring (bicyclic) bond motifs is 1. The number of hydrogen-bond donors (Lipinski definition) is 0. The van der Waals surface area contributed by atoms with E-state index in [1.54, 1.807) is 0 Å². The molecule has 0 N–H and O–H groups in total. The van der Waals surface area contributed by atoms with Crippen LogP contribution in [0.5, 0.6) is 0 Å². The van der Waals surface area contributed by atoms with Crippen LogP contribution in [-0.4, -0.2) is 26.1 Å². The maximum absolute atomic E-state index is 5.69. The van der Waals surface area contributed by atoms with Gasteiger partial charge in [-0.05, 0) is 41.7 Å². The first-order chi connectivity index (χ1) is 11.4. The molecule has 1 aliphatic rings. The Balaban J connectivity index is 1.34. The molecule has 2 aromatic carbocycles. The molecule has 0 saturated carbocycles. The SMILES string of the molecule is C(=C/COC1CCCCO1)/COCc1ccc2ccccc2c1. The van der Waals surface area contributed by atoms with Crippen LogP contribution in [0.3, 0.4) is 0 Å². The van der Waals surface area contributed by atoms with E-state index < -0.39 is 0 Å². The van der Waals surface area contributed by atoms with Crippen molar-refractivity contribution in [3.8, 4) is 0 Å². The molecule has 1 unspecified atom stereocenters. The summed E-state index contributed by atoms with van der Waals surface area (Å²) in [5, 5.41) is 2.52. The molecule has 122 valence electrons. The van der Waals surface area contributed by atoms with Crippen LogP contribution in [0, 0.1) is 0 Å². The maximum atomic E-state index is 5.69. The number of benzene rings is 2. The molecule has 2 aromatic rings. The molecular weight excluding hydrogens is 288 g/mol. The molecule has 1 saturated heterocycles. The predicted octanol–water partition coefficient (Wildman–Crippen LogP) is 4.46. The third-order valence-corrected chi connectivity index (χ3v) is 3.98. The molecule has 3 rings (SSSR count). The average Bonchev–Trinajstić information content (AvgIpc) is 2.61. The van der Waals surface area contributed by atoms with Gasteiger partial charge in [0.15, 0.2) is 6.29 Å². The second-order valence-electron chi connectivity index (χ2n) is 5.80. The highest BCUT2D eigenvalue weighted by molar-refractivity contribution is 5.82. The van der Waals surface area contributed by atoms with Crippen LogP contribution >= 0.6 is 0 Å². The summed E-state index contributed by atoms with van der Waals surface area (Å²) in [7, 11) is 0. The molecule has 0 aromatic heterocycles. The monoisotopic (exact) mass is 312 g/mol. The van der Waals surface area contributed by atoms with Crippen molar-refractivity contribution in [3.05, 3.63) is 60.2 Å². The lowest BCUT2D eigenvalue weighted by molar-refractivity contribution is -0.155.